The third kappa shape index (κ3) is 4.51. The molecule has 0 fully saturated rings. The first-order valence-electron chi connectivity index (χ1n) is 6.40. The largest absolute Gasteiger partial charge is 0.390 e. The summed E-state index contributed by atoms with van der Waals surface area (Å²) in [4.78, 5) is 4.74. The molecule has 0 amide bonds. The summed E-state index contributed by atoms with van der Waals surface area (Å²) < 4.78 is 0. The van der Waals surface area contributed by atoms with Crippen LogP contribution in [0.15, 0.2) is 69.5 Å². The minimum Gasteiger partial charge on any atom is -0.390 e. The van der Waals surface area contributed by atoms with E-state index < -0.39 is 12.2 Å². The van der Waals surface area contributed by atoms with Crippen LogP contribution in [-0.4, -0.2) is 22.9 Å². The zero-order valence-electron chi connectivity index (χ0n) is 11.2. The van der Waals surface area contributed by atoms with E-state index in [-0.39, 0.29) is 6.54 Å². The summed E-state index contributed by atoms with van der Waals surface area (Å²) in [7, 11) is 0. The van der Waals surface area contributed by atoms with E-state index >= 15 is 0 Å². The zero-order chi connectivity index (χ0) is 15.1. The van der Waals surface area contributed by atoms with E-state index in [1.807, 2.05) is 42.5 Å². The Morgan fingerprint density at radius 3 is 2.24 bits per heavy atom. The lowest BCUT2D eigenvalue weighted by Crippen LogP contribution is -2.21. The molecule has 6 heteroatoms. The molecule has 2 aromatic rings. The second-order valence-electron chi connectivity index (χ2n) is 4.41. The van der Waals surface area contributed by atoms with Crippen LogP contribution in [0.2, 0.25) is 0 Å². The van der Waals surface area contributed by atoms with E-state index in [4.69, 9.17) is 5.53 Å². The highest BCUT2D eigenvalue weighted by atomic mass is 32.2. The van der Waals surface area contributed by atoms with Crippen LogP contribution in [0.4, 0.5) is 0 Å². The molecule has 0 aliphatic heterocycles. The number of rotatable bonds is 6. The molecule has 5 nitrogen and oxygen atoms in total. The fourth-order valence-corrected chi connectivity index (χ4v) is 2.64. The van der Waals surface area contributed by atoms with Gasteiger partial charge in [-0.25, -0.2) is 0 Å². The Labute approximate surface area is 126 Å². The molecule has 0 saturated carbocycles. The van der Waals surface area contributed by atoms with Gasteiger partial charge in [0.05, 0.1) is 12.6 Å². The number of hydrogen-bond acceptors (Lipinski definition) is 4. The smallest absolute Gasteiger partial charge is 0.105 e. The predicted molar refractivity (Wildman–Crippen MR) is 82.0 cm³/mol. The summed E-state index contributed by atoms with van der Waals surface area (Å²) in [5.74, 6) is 0. The standard InChI is InChI=1S/C15H15N3O2S/c16-18-17-10-14(19)15(20)11-6-8-13(9-7-11)21-12-4-2-1-3-5-12/h1-9,14-15,19-20H,10H2. The maximum Gasteiger partial charge on any atom is 0.105 e. The molecule has 2 aromatic carbocycles. The van der Waals surface area contributed by atoms with E-state index in [1.165, 1.54) is 0 Å². The summed E-state index contributed by atoms with van der Waals surface area (Å²) in [5, 5.41) is 22.9. The average molecular weight is 301 g/mol. The highest BCUT2D eigenvalue weighted by Crippen LogP contribution is 2.28. The summed E-state index contributed by atoms with van der Waals surface area (Å²) in [6.45, 7) is -0.155. The number of hydrogen-bond donors (Lipinski definition) is 2. The van der Waals surface area contributed by atoms with Gasteiger partial charge in [0.15, 0.2) is 0 Å². The van der Waals surface area contributed by atoms with Gasteiger partial charge in [-0.3, -0.25) is 0 Å². The number of nitrogens with zero attached hydrogens (tertiary/aromatic N) is 3. The van der Waals surface area contributed by atoms with Crippen molar-refractivity contribution in [2.24, 2.45) is 5.11 Å². The second kappa shape index (κ2) is 7.71. The Kier molecular flexibility index (Phi) is 5.66. The molecule has 2 N–H and O–H groups in total. The quantitative estimate of drug-likeness (QED) is 0.486. The molecule has 0 aromatic heterocycles. The first-order valence-corrected chi connectivity index (χ1v) is 7.22. The number of aliphatic hydroxyl groups excluding tert-OH is 2. The fraction of sp³-hybridized carbons (Fsp3) is 0.200. The molecule has 0 radical (unpaired) electrons. The van der Waals surface area contributed by atoms with Crippen LogP contribution in [0, 0.1) is 0 Å². The van der Waals surface area contributed by atoms with Crippen molar-refractivity contribution in [3.63, 3.8) is 0 Å². The zero-order valence-corrected chi connectivity index (χ0v) is 12.0. The van der Waals surface area contributed by atoms with Gasteiger partial charge in [-0.1, -0.05) is 47.2 Å². The van der Waals surface area contributed by atoms with E-state index in [0.717, 1.165) is 9.79 Å². The van der Waals surface area contributed by atoms with Gasteiger partial charge in [0, 0.05) is 14.7 Å². The SMILES string of the molecule is [N-]=[N+]=NCC(O)C(O)c1ccc(Sc2ccccc2)cc1. The van der Waals surface area contributed by atoms with E-state index in [9.17, 15) is 10.2 Å². The van der Waals surface area contributed by atoms with Crippen molar-refractivity contribution < 1.29 is 10.2 Å². The molecule has 0 spiro atoms. The predicted octanol–water partition coefficient (Wildman–Crippen LogP) is 3.54. The Morgan fingerprint density at radius 1 is 1.00 bits per heavy atom. The lowest BCUT2D eigenvalue weighted by atomic mass is 10.0. The van der Waals surface area contributed by atoms with Crippen LogP contribution in [-0.2, 0) is 0 Å². The van der Waals surface area contributed by atoms with Gasteiger partial charge in [0.2, 0.25) is 0 Å². The second-order valence-corrected chi connectivity index (χ2v) is 5.56. The number of aliphatic hydroxyl groups is 2. The Bertz CT molecular complexity index is 613. The molecule has 0 aliphatic carbocycles. The summed E-state index contributed by atoms with van der Waals surface area (Å²) in [6, 6.07) is 17.3. The summed E-state index contributed by atoms with van der Waals surface area (Å²) in [6.07, 6.45) is -2.17. The van der Waals surface area contributed by atoms with Gasteiger partial charge in [-0.15, -0.1) is 0 Å². The molecular weight excluding hydrogens is 286 g/mol. The molecule has 0 bridgehead atoms. The first-order chi connectivity index (χ1) is 10.2. The highest BCUT2D eigenvalue weighted by molar-refractivity contribution is 7.99. The van der Waals surface area contributed by atoms with Crippen molar-refractivity contribution in [1.82, 2.24) is 0 Å². The third-order valence-electron chi connectivity index (χ3n) is 2.90. The molecule has 0 aliphatic rings. The van der Waals surface area contributed by atoms with Gasteiger partial charge < -0.3 is 10.2 Å². The van der Waals surface area contributed by atoms with Gasteiger partial charge in [0.1, 0.15) is 6.10 Å². The number of azide groups is 1. The van der Waals surface area contributed by atoms with Crippen LogP contribution in [0.5, 0.6) is 0 Å². The highest BCUT2D eigenvalue weighted by Gasteiger charge is 2.17. The summed E-state index contributed by atoms with van der Waals surface area (Å²) in [5.41, 5.74) is 8.80. The van der Waals surface area contributed by atoms with Crippen molar-refractivity contribution in [3.8, 4) is 0 Å². The first kappa shape index (κ1) is 15.4. The van der Waals surface area contributed by atoms with Crippen molar-refractivity contribution in [1.29, 1.82) is 0 Å². The van der Waals surface area contributed by atoms with Crippen LogP contribution in [0.3, 0.4) is 0 Å². The molecule has 2 rings (SSSR count). The van der Waals surface area contributed by atoms with Crippen LogP contribution < -0.4 is 0 Å². The Hall–Kier alpha value is -1.98. The minimum atomic E-state index is -1.10. The van der Waals surface area contributed by atoms with Gasteiger partial charge in [-0.2, -0.15) is 0 Å². The fourth-order valence-electron chi connectivity index (χ4n) is 1.80. The third-order valence-corrected chi connectivity index (χ3v) is 3.91. The molecule has 2 unspecified atom stereocenters. The maximum absolute atomic E-state index is 9.96. The number of benzene rings is 2. The molecule has 21 heavy (non-hydrogen) atoms. The average Bonchev–Trinajstić information content (AvgIpc) is 2.53. The summed E-state index contributed by atoms with van der Waals surface area (Å²) >= 11 is 1.62. The van der Waals surface area contributed by atoms with Crippen molar-refractivity contribution >= 4 is 11.8 Å². The van der Waals surface area contributed by atoms with Gasteiger partial charge >= 0.3 is 0 Å². The van der Waals surface area contributed by atoms with Crippen LogP contribution in [0.25, 0.3) is 10.4 Å². The van der Waals surface area contributed by atoms with Crippen molar-refractivity contribution in [2.45, 2.75) is 22.0 Å². The maximum atomic E-state index is 9.96. The molecular formula is C15H15N3O2S. The van der Waals surface area contributed by atoms with Crippen molar-refractivity contribution in [2.75, 3.05) is 6.54 Å². The van der Waals surface area contributed by atoms with Gasteiger partial charge in [-0.05, 0) is 35.4 Å². The van der Waals surface area contributed by atoms with Crippen LogP contribution in [0.1, 0.15) is 11.7 Å². The Balaban J connectivity index is 2.03. The van der Waals surface area contributed by atoms with Crippen LogP contribution >= 0.6 is 11.8 Å². The molecule has 0 heterocycles. The lowest BCUT2D eigenvalue weighted by molar-refractivity contribution is 0.0244. The molecule has 2 atom stereocenters. The lowest BCUT2D eigenvalue weighted by Gasteiger charge is -2.16. The molecule has 0 saturated heterocycles. The minimum absolute atomic E-state index is 0.155. The normalized spacial score (nSPS) is 13.2. The van der Waals surface area contributed by atoms with Crippen molar-refractivity contribution in [3.05, 3.63) is 70.6 Å². The topological polar surface area (TPSA) is 89.2 Å². The Morgan fingerprint density at radius 2 is 1.62 bits per heavy atom. The monoisotopic (exact) mass is 301 g/mol. The van der Waals surface area contributed by atoms with E-state index in [1.54, 1.807) is 23.9 Å². The van der Waals surface area contributed by atoms with Gasteiger partial charge in [0.25, 0.3) is 0 Å². The van der Waals surface area contributed by atoms with E-state index in [2.05, 4.69) is 10.0 Å². The molecule has 108 valence electrons. The van der Waals surface area contributed by atoms with E-state index in [0.29, 0.717) is 5.56 Å².